The lowest BCUT2D eigenvalue weighted by molar-refractivity contribution is 0.287. The minimum Gasteiger partial charge on any atom is -0.490 e. The Bertz CT molecular complexity index is 851. The maximum Gasteiger partial charge on any atom is 0.191 e. The molecule has 1 aromatic carbocycles. The van der Waals surface area contributed by atoms with Gasteiger partial charge in [-0.05, 0) is 57.7 Å². The summed E-state index contributed by atoms with van der Waals surface area (Å²) in [4.78, 5) is 4.83. The first-order chi connectivity index (χ1) is 15.1. The number of guanidine groups is 1. The van der Waals surface area contributed by atoms with Crippen molar-refractivity contribution in [1.29, 1.82) is 0 Å². The van der Waals surface area contributed by atoms with Gasteiger partial charge in [0.2, 0.25) is 0 Å². The summed E-state index contributed by atoms with van der Waals surface area (Å²) in [6.45, 7) is 13.8. The lowest BCUT2D eigenvalue weighted by Gasteiger charge is -2.14. The monoisotopic (exact) mass is 557 g/mol. The van der Waals surface area contributed by atoms with Gasteiger partial charge in [0.25, 0.3) is 0 Å². The first kappa shape index (κ1) is 28.1. The molecule has 2 aromatic rings. The van der Waals surface area contributed by atoms with E-state index in [0.717, 1.165) is 55.5 Å². The summed E-state index contributed by atoms with van der Waals surface area (Å²) in [6.07, 6.45) is 2.74. The van der Waals surface area contributed by atoms with Crippen LogP contribution >= 0.6 is 24.0 Å². The molecule has 2 N–H and O–H groups in total. The zero-order valence-corrected chi connectivity index (χ0v) is 22.8. The minimum atomic E-state index is 0. The molecule has 0 aliphatic rings. The third-order valence-corrected chi connectivity index (χ3v) is 5.08. The first-order valence-electron chi connectivity index (χ1n) is 11.5. The summed E-state index contributed by atoms with van der Waals surface area (Å²) >= 11 is 0. The maximum atomic E-state index is 5.74. The van der Waals surface area contributed by atoms with Crippen molar-refractivity contribution < 1.29 is 9.47 Å². The van der Waals surface area contributed by atoms with Crippen LogP contribution in [0.5, 0.6) is 11.5 Å². The van der Waals surface area contributed by atoms with Gasteiger partial charge in [0.15, 0.2) is 17.5 Å². The van der Waals surface area contributed by atoms with Crippen LogP contribution in [0.4, 0.5) is 0 Å². The van der Waals surface area contributed by atoms with E-state index in [1.54, 1.807) is 0 Å². The highest BCUT2D eigenvalue weighted by atomic mass is 127. The molecular weight excluding hydrogens is 517 g/mol. The highest BCUT2D eigenvalue weighted by Gasteiger charge is 2.13. The second-order valence-electron chi connectivity index (χ2n) is 7.22. The highest BCUT2D eigenvalue weighted by molar-refractivity contribution is 14.0. The SMILES string of the molecule is CCNC(=NCc1c(CC)nn(C)c1CC)NCCc1ccc(OCC)c(OCC)c1.I. The quantitative estimate of drug-likeness (QED) is 0.232. The summed E-state index contributed by atoms with van der Waals surface area (Å²) in [5.41, 5.74) is 4.84. The number of benzene rings is 1. The van der Waals surface area contributed by atoms with E-state index in [2.05, 4.69) is 48.6 Å². The standard InChI is InChI=1S/C24H39N5O2.HI/c1-7-20-19(21(8-2)29(6)28-20)17-27-24(25-9-3)26-15-14-18-12-13-22(30-10-4)23(16-18)31-11-5;/h12-13,16H,7-11,14-15,17H2,1-6H3,(H2,25,26,27);1H. The molecule has 0 amide bonds. The van der Waals surface area contributed by atoms with Crippen molar-refractivity contribution in [3.8, 4) is 11.5 Å². The van der Waals surface area contributed by atoms with Crippen molar-refractivity contribution in [3.05, 3.63) is 40.7 Å². The molecule has 1 heterocycles. The first-order valence-corrected chi connectivity index (χ1v) is 11.5. The van der Waals surface area contributed by atoms with Crippen LogP contribution in [-0.4, -0.2) is 42.0 Å². The molecule has 1 aromatic heterocycles. The lowest BCUT2D eigenvalue weighted by atomic mass is 10.1. The number of aromatic nitrogens is 2. The van der Waals surface area contributed by atoms with E-state index in [0.29, 0.717) is 19.8 Å². The van der Waals surface area contributed by atoms with Crippen LogP contribution in [0.15, 0.2) is 23.2 Å². The number of halogens is 1. The van der Waals surface area contributed by atoms with Crippen molar-refractivity contribution in [3.63, 3.8) is 0 Å². The number of nitrogens with zero attached hydrogens (tertiary/aromatic N) is 3. The topological polar surface area (TPSA) is 72.7 Å². The fourth-order valence-corrected chi connectivity index (χ4v) is 3.65. The molecule has 0 aliphatic heterocycles. The van der Waals surface area contributed by atoms with Crippen LogP contribution in [0.25, 0.3) is 0 Å². The molecule has 32 heavy (non-hydrogen) atoms. The molecule has 0 radical (unpaired) electrons. The Balaban J connectivity index is 0.00000512. The summed E-state index contributed by atoms with van der Waals surface area (Å²) in [7, 11) is 2.02. The molecular formula is C24H40IN5O2. The van der Waals surface area contributed by atoms with E-state index >= 15 is 0 Å². The molecule has 0 saturated carbocycles. The smallest absolute Gasteiger partial charge is 0.191 e. The van der Waals surface area contributed by atoms with Crippen LogP contribution in [-0.2, 0) is 32.9 Å². The Morgan fingerprint density at radius 2 is 1.72 bits per heavy atom. The number of rotatable bonds is 12. The molecule has 0 unspecified atom stereocenters. The largest absolute Gasteiger partial charge is 0.490 e. The van der Waals surface area contributed by atoms with Gasteiger partial charge in [-0.3, -0.25) is 4.68 Å². The molecule has 0 fully saturated rings. The Morgan fingerprint density at radius 1 is 1.00 bits per heavy atom. The number of nitrogens with one attached hydrogen (secondary N) is 2. The summed E-state index contributed by atoms with van der Waals surface area (Å²) in [6, 6.07) is 6.15. The summed E-state index contributed by atoms with van der Waals surface area (Å²) in [5.74, 6) is 2.43. The van der Waals surface area contributed by atoms with Gasteiger partial charge in [-0.15, -0.1) is 24.0 Å². The number of hydrogen-bond acceptors (Lipinski definition) is 4. The van der Waals surface area contributed by atoms with E-state index in [1.165, 1.54) is 16.8 Å². The number of aliphatic imine (C=N–C) groups is 1. The van der Waals surface area contributed by atoms with E-state index < -0.39 is 0 Å². The maximum absolute atomic E-state index is 5.74. The third kappa shape index (κ3) is 7.86. The Labute approximate surface area is 210 Å². The molecule has 0 spiro atoms. The number of ether oxygens (including phenoxy) is 2. The second-order valence-corrected chi connectivity index (χ2v) is 7.22. The van der Waals surface area contributed by atoms with Gasteiger partial charge >= 0.3 is 0 Å². The van der Waals surface area contributed by atoms with Crippen molar-refractivity contribution in [1.82, 2.24) is 20.4 Å². The van der Waals surface area contributed by atoms with E-state index in [9.17, 15) is 0 Å². The van der Waals surface area contributed by atoms with Gasteiger partial charge in [-0.1, -0.05) is 19.9 Å². The fourth-order valence-electron chi connectivity index (χ4n) is 3.65. The minimum absolute atomic E-state index is 0. The Hall–Kier alpha value is -1.97. The molecule has 2 rings (SSSR count). The average molecular weight is 558 g/mol. The number of hydrogen-bond donors (Lipinski definition) is 2. The highest BCUT2D eigenvalue weighted by Crippen LogP contribution is 2.28. The van der Waals surface area contributed by atoms with Gasteiger partial charge in [0.1, 0.15) is 0 Å². The van der Waals surface area contributed by atoms with Gasteiger partial charge in [-0.2, -0.15) is 5.10 Å². The number of aryl methyl sites for hydroxylation is 2. The van der Waals surface area contributed by atoms with Crippen LogP contribution < -0.4 is 20.1 Å². The second kappa shape index (κ2) is 15.0. The molecule has 0 atom stereocenters. The zero-order chi connectivity index (χ0) is 22.6. The molecule has 180 valence electrons. The van der Waals surface area contributed by atoms with Crippen molar-refractivity contribution >= 4 is 29.9 Å². The van der Waals surface area contributed by atoms with E-state index in [4.69, 9.17) is 14.5 Å². The van der Waals surface area contributed by atoms with Crippen LogP contribution in [0.3, 0.4) is 0 Å². The molecule has 7 nitrogen and oxygen atoms in total. The van der Waals surface area contributed by atoms with Gasteiger partial charge < -0.3 is 20.1 Å². The average Bonchev–Trinajstić information content (AvgIpc) is 3.08. The van der Waals surface area contributed by atoms with Gasteiger partial charge in [0, 0.05) is 31.4 Å². The summed E-state index contributed by atoms with van der Waals surface area (Å²) in [5, 5.41) is 11.5. The van der Waals surface area contributed by atoms with E-state index in [-0.39, 0.29) is 24.0 Å². The molecule has 0 bridgehead atoms. The van der Waals surface area contributed by atoms with Gasteiger partial charge in [0.05, 0.1) is 25.5 Å². The van der Waals surface area contributed by atoms with Crippen molar-refractivity contribution in [2.75, 3.05) is 26.3 Å². The van der Waals surface area contributed by atoms with Crippen molar-refractivity contribution in [2.45, 2.75) is 60.4 Å². The Kier molecular flexibility index (Phi) is 13.1. The summed E-state index contributed by atoms with van der Waals surface area (Å²) < 4.78 is 13.4. The van der Waals surface area contributed by atoms with E-state index in [1.807, 2.05) is 31.6 Å². The molecule has 8 heteroatoms. The van der Waals surface area contributed by atoms with Crippen LogP contribution in [0.2, 0.25) is 0 Å². The predicted molar refractivity (Wildman–Crippen MR) is 143 cm³/mol. The molecule has 0 aliphatic carbocycles. The third-order valence-electron chi connectivity index (χ3n) is 5.08. The Morgan fingerprint density at radius 3 is 2.34 bits per heavy atom. The normalized spacial score (nSPS) is 11.1. The fraction of sp³-hybridized carbons (Fsp3) is 0.583. The van der Waals surface area contributed by atoms with Crippen molar-refractivity contribution in [2.24, 2.45) is 12.0 Å². The zero-order valence-electron chi connectivity index (χ0n) is 20.5. The lowest BCUT2D eigenvalue weighted by Crippen LogP contribution is -2.38. The molecule has 0 saturated heterocycles. The van der Waals surface area contributed by atoms with Crippen LogP contribution in [0.1, 0.15) is 57.1 Å². The van der Waals surface area contributed by atoms with Crippen LogP contribution in [0, 0.1) is 0 Å². The predicted octanol–water partition coefficient (Wildman–Crippen LogP) is 4.26. The van der Waals surface area contributed by atoms with Gasteiger partial charge in [-0.25, -0.2) is 4.99 Å².